The molecule has 172 valence electrons. The van der Waals surface area contributed by atoms with Crippen molar-refractivity contribution < 1.29 is 19.1 Å². The van der Waals surface area contributed by atoms with E-state index in [-0.39, 0.29) is 29.2 Å². The maximum Gasteiger partial charge on any atom is 0.266 e. The third kappa shape index (κ3) is 6.09. The lowest BCUT2D eigenvalue weighted by molar-refractivity contribution is -0.121. The van der Waals surface area contributed by atoms with Gasteiger partial charge in [0.1, 0.15) is 4.32 Å². The number of anilines is 1. The largest absolute Gasteiger partial charge is 0.493 e. The number of ether oxygens (including phenoxy) is 2. The summed E-state index contributed by atoms with van der Waals surface area (Å²) in [6.45, 7) is 5.57. The maximum atomic E-state index is 12.5. The van der Waals surface area contributed by atoms with Crippen molar-refractivity contribution in [3.63, 3.8) is 0 Å². The highest BCUT2D eigenvalue weighted by molar-refractivity contribution is 8.26. The molecule has 0 atom stereocenters. The fraction of sp³-hybridized carbons (Fsp3) is 0.174. The fourth-order valence-electron chi connectivity index (χ4n) is 2.91. The minimum Gasteiger partial charge on any atom is -0.493 e. The first-order valence-electron chi connectivity index (χ1n) is 9.66. The average molecular weight is 523 g/mol. The van der Waals surface area contributed by atoms with Crippen LogP contribution in [0.25, 0.3) is 6.08 Å². The summed E-state index contributed by atoms with van der Waals surface area (Å²) in [4.78, 5) is 26.8. The zero-order valence-electron chi connectivity index (χ0n) is 17.8. The molecule has 1 aliphatic heterocycles. The number of hydrogen-bond donors (Lipinski definition) is 1. The molecule has 1 heterocycles. The highest BCUT2D eigenvalue weighted by Gasteiger charge is 2.31. The first-order valence-corrected chi connectivity index (χ1v) is 11.6. The van der Waals surface area contributed by atoms with Crippen molar-refractivity contribution in [2.24, 2.45) is 0 Å². The van der Waals surface area contributed by atoms with Crippen LogP contribution >= 0.6 is 47.2 Å². The van der Waals surface area contributed by atoms with Gasteiger partial charge in [-0.15, -0.1) is 6.58 Å². The third-order valence-corrected chi connectivity index (χ3v) is 6.60. The SMILES string of the molecule is C=CCN1C(=O)/C(=C/c2cc(Cl)c(OCC(=O)Nc3ccc(C)c(Cl)c3)c(OC)c2)SC1=S. The van der Waals surface area contributed by atoms with Gasteiger partial charge in [-0.05, 0) is 48.4 Å². The van der Waals surface area contributed by atoms with Crippen molar-refractivity contribution in [1.29, 1.82) is 0 Å². The monoisotopic (exact) mass is 522 g/mol. The van der Waals surface area contributed by atoms with Gasteiger partial charge in [0.15, 0.2) is 18.1 Å². The number of benzene rings is 2. The number of rotatable bonds is 8. The van der Waals surface area contributed by atoms with Crippen LogP contribution in [-0.4, -0.2) is 41.3 Å². The number of halogens is 2. The number of carbonyl (C=O) groups excluding carboxylic acids is 2. The van der Waals surface area contributed by atoms with Gasteiger partial charge in [-0.25, -0.2) is 0 Å². The van der Waals surface area contributed by atoms with E-state index in [9.17, 15) is 9.59 Å². The van der Waals surface area contributed by atoms with Crippen LogP contribution in [0.5, 0.6) is 11.5 Å². The predicted octanol–water partition coefficient (Wildman–Crippen LogP) is 5.72. The molecule has 0 radical (unpaired) electrons. The quantitative estimate of drug-likeness (QED) is 0.272. The Balaban J connectivity index is 1.73. The second-order valence-electron chi connectivity index (χ2n) is 6.92. The van der Waals surface area contributed by atoms with E-state index < -0.39 is 0 Å². The van der Waals surface area contributed by atoms with Crippen LogP contribution in [-0.2, 0) is 9.59 Å². The number of methoxy groups -OCH3 is 1. The highest BCUT2D eigenvalue weighted by atomic mass is 35.5. The Labute approximate surface area is 211 Å². The molecule has 1 fully saturated rings. The molecule has 1 saturated heterocycles. The van der Waals surface area contributed by atoms with Gasteiger partial charge in [-0.1, -0.05) is 59.3 Å². The number of thioether (sulfide) groups is 1. The second kappa shape index (κ2) is 11.1. The van der Waals surface area contributed by atoms with Gasteiger partial charge in [0, 0.05) is 17.3 Å². The highest BCUT2D eigenvalue weighted by Crippen LogP contribution is 2.39. The maximum absolute atomic E-state index is 12.5. The lowest BCUT2D eigenvalue weighted by Gasteiger charge is -2.14. The minimum absolute atomic E-state index is 0.201. The number of aryl methyl sites for hydroxylation is 1. The van der Waals surface area contributed by atoms with E-state index in [1.54, 1.807) is 36.4 Å². The van der Waals surface area contributed by atoms with Crippen LogP contribution in [0, 0.1) is 6.92 Å². The van der Waals surface area contributed by atoms with E-state index in [4.69, 9.17) is 44.9 Å². The smallest absolute Gasteiger partial charge is 0.266 e. The molecular weight excluding hydrogens is 503 g/mol. The van der Waals surface area contributed by atoms with Crippen LogP contribution in [0.4, 0.5) is 5.69 Å². The molecule has 0 aliphatic carbocycles. The Hall–Kier alpha value is -2.52. The van der Waals surface area contributed by atoms with Gasteiger partial charge >= 0.3 is 0 Å². The zero-order chi connectivity index (χ0) is 24.1. The first-order chi connectivity index (χ1) is 15.7. The number of nitrogens with zero attached hydrogens (tertiary/aromatic N) is 1. The average Bonchev–Trinajstić information content (AvgIpc) is 3.03. The Morgan fingerprint density at radius 3 is 2.70 bits per heavy atom. The van der Waals surface area contributed by atoms with Gasteiger partial charge in [0.25, 0.3) is 11.8 Å². The van der Waals surface area contributed by atoms with E-state index >= 15 is 0 Å². The third-order valence-electron chi connectivity index (χ3n) is 4.54. The predicted molar refractivity (Wildman–Crippen MR) is 138 cm³/mol. The van der Waals surface area contributed by atoms with Crippen molar-refractivity contribution in [2.45, 2.75) is 6.92 Å². The van der Waals surface area contributed by atoms with Crippen molar-refractivity contribution >= 4 is 75.1 Å². The number of amides is 2. The zero-order valence-corrected chi connectivity index (χ0v) is 21.0. The molecule has 0 aromatic heterocycles. The summed E-state index contributed by atoms with van der Waals surface area (Å²) in [6, 6.07) is 8.51. The lowest BCUT2D eigenvalue weighted by Crippen LogP contribution is -2.27. The van der Waals surface area contributed by atoms with Crippen LogP contribution in [0.2, 0.25) is 10.0 Å². The molecule has 33 heavy (non-hydrogen) atoms. The van der Waals surface area contributed by atoms with Crippen LogP contribution in [0.3, 0.4) is 0 Å². The van der Waals surface area contributed by atoms with E-state index in [2.05, 4.69) is 11.9 Å². The van der Waals surface area contributed by atoms with Gasteiger partial charge in [-0.2, -0.15) is 0 Å². The van der Waals surface area contributed by atoms with E-state index in [1.807, 2.05) is 13.0 Å². The van der Waals surface area contributed by atoms with Crippen LogP contribution in [0.15, 0.2) is 47.9 Å². The normalized spacial score (nSPS) is 14.5. The van der Waals surface area contributed by atoms with Gasteiger partial charge in [0.2, 0.25) is 0 Å². The molecule has 1 N–H and O–H groups in total. The molecular formula is C23H20Cl2N2O4S2. The van der Waals surface area contributed by atoms with Crippen molar-refractivity contribution in [3.8, 4) is 11.5 Å². The minimum atomic E-state index is -0.386. The molecule has 2 aromatic rings. The fourth-order valence-corrected chi connectivity index (χ4v) is 4.64. The topological polar surface area (TPSA) is 67.9 Å². The number of nitrogens with one attached hydrogen (secondary N) is 1. The second-order valence-corrected chi connectivity index (χ2v) is 9.41. The molecule has 0 unspecified atom stereocenters. The van der Waals surface area contributed by atoms with Crippen LogP contribution in [0.1, 0.15) is 11.1 Å². The Morgan fingerprint density at radius 2 is 2.03 bits per heavy atom. The molecule has 0 bridgehead atoms. The van der Waals surface area contributed by atoms with E-state index in [0.29, 0.717) is 37.8 Å². The summed E-state index contributed by atoms with van der Waals surface area (Å²) in [5.74, 6) is -0.0506. The summed E-state index contributed by atoms with van der Waals surface area (Å²) in [5.41, 5.74) is 2.09. The summed E-state index contributed by atoms with van der Waals surface area (Å²) >= 11 is 18.9. The summed E-state index contributed by atoms with van der Waals surface area (Å²) in [6.07, 6.45) is 3.29. The standard InChI is InChI=1S/C23H20Cl2N2O4S2/c1-4-7-27-22(29)19(33-23(27)32)10-14-8-17(25)21(18(9-14)30-3)31-12-20(28)26-15-6-5-13(2)16(24)11-15/h4-6,8-11H,1,7,12H2,2-3H3,(H,26,28)/b19-10-. The molecule has 0 saturated carbocycles. The summed E-state index contributed by atoms with van der Waals surface area (Å²) < 4.78 is 11.5. The first kappa shape index (κ1) is 25.1. The molecule has 2 amide bonds. The number of carbonyl (C=O) groups is 2. The Kier molecular flexibility index (Phi) is 8.42. The molecule has 2 aromatic carbocycles. The molecule has 6 nitrogen and oxygen atoms in total. The van der Waals surface area contributed by atoms with Crippen molar-refractivity contribution in [1.82, 2.24) is 4.90 Å². The number of hydrogen-bond acceptors (Lipinski definition) is 6. The summed E-state index contributed by atoms with van der Waals surface area (Å²) in [5, 5.41) is 3.50. The van der Waals surface area contributed by atoms with Gasteiger partial charge < -0.3 is 14.8 Å². The lowest BCUT2D eigenvalue weighted by atomic mass is 10.1. The van der Waals surface area contributed by atoms with Crippen molar-refractivity contribution in [2.75, 3.05) is 25.6 Å². The molecule has 1 aliphatic rings. The molecule has 0 spiro atoms. The molecule has 10 heteroatoms. The number of thiocarbonyl (C=S) groups is 1. The van der Waals surface area contributed by atoms with Crippen molar-refractivity contribution in [3.05, 3.63) is 69.1 Å². The molecule has 3 rings (SSSR count). The Morgan fingerprint density at radius 1 is 1.27 bits per heavy atom. The van der Waals surface area contributed by atoms with E-state index in [1.165, 1.54) is 23.8 Å². The summed E-state index contributed by atoms with van der Waals surface area (Å²) in [7, 11) is 1.46. The Bertz CT molecular complexity index is 1170. The van der Waals surface area contributed by atoms with Crippen LogP contribution < -0.4 is 14.8 Å². The van der Waals surface area contributed by atoms with Gasteiger partial charge in [-0.3, -0.25) is 14.5 Å². The van der Waals surface area contributed by atoms with E-state index in [0.717, 1.165) is 5.56 Å². The van der Waals surface area contributed by atoms with Gasteiger partial charge in [0.05, 0.1) is 17.0 Å².